The molecule has 2 rings (SSSR count). The largest absolute Gasteiger partial charge is 0.462 e. The number of hydrogen-bond donors (Lipinski definition) is 0. The van der Waals surface area contributed by atoms with Gasteiger partial charge in [0.25, 0.3) is 0 Å². The lowest BCUT2D eigenvalue weighted by molar-refractivity contribution is -0.138. The van der Waals surface area contributed by atoms with E-state index >= 15 is 0 Å². The average molecular weight is 290 g/mol. The van der Waals surface area contributed by atoms with Crippen molar-refractivity contribution in [2.75, 3.05) is 6.61 Å². The molecule has 0 fully saturated rings. The van der Waals surface area contributed by atoms with Gasteiger partial charge in [-0.05, 0) is 28.5 Å². The fourth-order valence-electron chi connectivity index (χ4n) is 1.38. The Balaban J connectivity index is 2.31. The summed E-state index contributed by atoms with van der Waals surface area (Å²) in [5.41, 5.74) is 0.932. The molecule has 0 bridgehead atoms. The molecule has 0 aromatic heterocycles. The molecular weight excluding hydrogens is 280 g/mol. The minimum Gasteiger partial charge on any atom is -0.462 e. The van der Waals surface area contributed by atoms with Crippen LogP contribution in [0.15, 0.2) is 45.9 Å². The van der Waals surface area contributed by atoms with E-state index in [0.29, 0.717) is 5.03 Å². The first-order chi connectivity index (χ1) is 9.26. The van der Waals surface area contributed by atoms with E-state index in [2.05, 4.69) is 4.99 Å². The molecule has 0 N–H and O–H groups in total. The van der Waals surface area contributed by atoms with E-state index in [9.17, 15) is 4.79 Å². The zero-order valence-corrected chi connectivity index (χ0v) is 11.8. The summed E-state index contributed by atoms with van der Waals surface area (Å²) in [5, 5.41) is 10.2. The smallest absolute Gasteiger partial charge is 0.351 e. The normalized spacial score (nSPS) is 16.5. The van der Waals surface area contributed by atoms with Crippen LogP contribution in [-0.2, 0) is 9.53 Å². The summed E-state index contributed by atoms with van der Waals surface area (Å²) in [6.07, 6.45) is 0. The molecular formula is C13H10N2O2S2. The first kappa shape index (κ1) is 13.7. The highest BCUT2D eigenvalue weighted by molar-refractivity contribution is 8.84. The van der Waals surface area contributed by atoms with Gasteiger partial charge in [0.05, 0.1) is 6.61 Å². The number of ether oxygens (including phenoxy) is 1. The van der Waals surface area contributed by atoms with Crippen molar-refractivity contribution in [3.8, 4) is 6.07 Å². The lowest BCUT2D eigenvalue weighted by atomic mass is 10.2. The van der Waals surface area contributed by atoms with Crippen molar-refractivity contribution in [1.29, 1.82) is 5.26 Å². The molecule has 0 spiro atoms. The molecule has 19 heavy (non-hydrogen) atoms. The molecule has 1 aliphatic rings. The summed E-state index contributed by atoms with van der Waals surface area (Å²) in [4.78, 5) is 15.9. The second-order valence-electron chi connectivity index (χ2n) is 3.46. The summed E-state index contributed by atoms with van der Waals surface area (Å²) in [7, 11) is 2.73. The van der Waals surface area contributed by atoms with E-state index < -0.39 is 5.97 Å². The van der Waals surface area contributed by atoms with Gasteiger partial charge < -0.3 is 4.74 Å². The van der Waals surface area contributed by atoms with Crippen molar-refractivity contribution in [2.45, 2.75) is 6.92 Å². The van der Waals surface area contributed by atoms with Crippen LogP contribution in [0.3, 0.4) is 0 Å². The van der Waals surface area contributed by atoms with Crippen LogP contribution in [0.5, 0.6) is 0 Å². The molecule has 0 aliphatic carbocycles. The fraction of sp³-hybridized carbons (Fsp3) is 0.154. The first-order valence-corrected chi connectivity index (χ1v) is 7.71. The Kier molecular flexibility index (Phi) is 4.66. The third-order valence-electron chi connectivity index (χ3n) is 2.23. The minimum atomic E-state index is -0.619. The van der Waals surface area contributed by atoms with Gasteiger partial charge in [-0.1, -0.05) is 30.3 Å². The van der Waals surface area contributed by atoms with Gasteiger partial charge in [0.1, 0.15) is 16.1 Å². The number of nitrogens with zero attached hydrogens (tertiary/aromatic N) is 2. The standard InChI is InChI=1S/C13H10N2O2S2/c1-2-17-13(16)10(8-14)12-15-11(18-19-12)9-6-4-3-5-7-9/h3-7H,2H2,1H3/b12-10+. The SMILES string of the molecule is CCOC(=O)/C(C#N)=C1\N=C(c2ccccc2)SS1. The van der Waals surface area contributed by atoms with Crippen molar-refractivity contribution >= 4 is 32.6 Å². The van der Waals surface area contributed by atoms with E-state index in [1.165, 1.54) is 21.6 Å². The maximum atomic E-state index is 11.6. The van der Waals surface area contributed by atoms with Crippen LogP contribution in [0.4, 0.5) is 0 Å². The first-order valence-electron chi connectivity index (χ1n) is 5.56. The quantitative estimate of drug-likeness (QED) is 0.370. The van der Waals surface area contributed by atoms with Crippen LogP contribution >= 0.6 is 21.6 Å². The maximum Gasteiger partial charge on any atom is 0.351 e. The van der Waals surface area contributed by atoms with Gasteiger partial charge >= 0.3 is 5.97 Å². The van der Waals surface area contributed by atoms with Crippen molar-refractivity contribution in [3.05, 3.63) is 46.5 Å². The predicted molar refractivity (Wildman–Crippen MR) is 77.4 cm³/mol. The molecule has 4 nitrogen and oxygen atoms in total. The number of rotatable bonds is 3. The van der Waals surface area contributed by atoms with E-state index in [4.69, 9.17) is 10.00 Å². The Morgan fingerprint density at radius 3 is 2.74 bits per heavy atom. The Morgan fingerprint density at radius 2 is 2.11 bits per heavy atom. The molecule has 1 aromatic carbocycles. The zero-order valence-electron chi connectivity index (χ0n) is 10.1. The average Bonchev–Trinajstić information content (AvgIpc) is 2.90. The van der Waals surface area contributed by atoms with Crippen LogP contribution in [-0.4, -0.2) is 17.6 Å². The molecule has 1 heterocycles. The highest BCUT2D eigenvalue weighted by atomic mass is 33.1. The summed E-state index contributed by atoms with van der Waals surface area (Å²) in [6, 6.07) is 11.5. The molecule has 0 atom stereocenters. The summed E-state index contributed by atoms with van der Waals surface area (Å²) in [5.74, 6) is -0.619. The molecule has 0 saturated heterocycles. The maximum absolute atomic E-state index is 11.6. The van der Waals surface area contributed by atoms with Gasteiger partial charge in [0.2, 0.25) is 0 Å². The molecule has 0 radical (unpaired) electrons. The van der Waals surface area contributed by atoms with Gasteiger partial charge in [-0.25, -0.2) is 9.79 Å². The van der Waals surface area contributed by atoms with Crippen LogP contribution in [0.2, 0.25) is 0 Å². The number of carbonyl (C=O) groups is 1. The van der Waals surface area contributed by atoms with Gasteiger partial charge in [0.15, 0.2) is 5.57 Å². The number of nitriles is 1. The Labute approximate surface area is 118 Å². The topological polar surface area (TPSA) is 62.5 Å². The lowest BCUT2D eigenvalue weighted by Gasteiger charge is -1.99. The van der Waals surface area contributed by atoms with Gasteiger partial charge in [-0.15, -0.1) is 0 Å². The summed E-state index contributed by atoms with van der Waals surface area (Å²) in [6.45, 7) is 1.94. The molecule has 1 aliphatic heterocycles. The highest BCUT2D eigenvalue weighted by Crippen LogP contribution is 2.43. The Morgan fingerprint density at radius 1 is 1.37 bits per heavy atom. The predicted octanol–water partition coefficient (Wildman–Crippen LogP) is 3.13. The van der Waals surface area contributed by atoms with Crippen molar-refractivity contribution in [3.63, 3.8) is 0 Å². The van der Waals surface area contributed by atoms with Crippen molar-refractivity contribution in [2.24, 2.45) is 4.99 Å². The van der Waals surface area contributed by atoms with Crippen LogP contribution in [0.25, 0.3) is 0 Å². The number of carbonyl (C=O) groups excluding carboxylic acids is 1. The molecule has 1 aromatic rings. The molecule has 0 saturated carbocycles. The Hall–Kier alpha value is -1.71. The lowest BCUT2D eigenvalue weighted by Crippen LogP contribution is -2.07. The molecule has 0 unspecified atom stereocenters. The zero-order chi connectivity index (χ0) is 13.7. The van der Waals surface area contributed by atoms with E-state index in [1.807, 2.05) is 36.4 Å². The number of aliphatic imine (C=N–C) groups is 1. The number of hydrogen-bond acceptors (Lipinski definition) is 6. The van der Waals surface area contributed by atoms with Gasteiger partial charge in [-0.2, -0.15) is 5.26 Å². The third-order valence-corrected chi connectivity index (χ3v) is 4.45. The molecule has 6 heteroatoms. The second-order valence-corrected chi connectivity index (χ2v) is 5.57. The Bertz CT molecular complexity index is 588. The van der Waals surface area contributed by atoms with E-state index in [1.54, 1.807) is 6.92 Å². The van der Waals surface area contributed by atoms with E-state index in [-0.39, 0.29) is 12.2 Å². The highest BCUT2D eigenvalue weighted by Gasteiger charge is 2.23. The third kappa shape index (κ3) is 3.19. The van der Waals surface area contributed by atoms with Gasteiger partial charge in [0, 0.05) is 5.56 Å². The number of benzene rings is 1. The van der Waals surface area contributed by atoms with Crippen LogP contribution in [0, 0.1) is 11.3 Å². The summed E-state index contributed by atoms with van der Waals surface area (Å²) < 4.78 is 4.84. The molecule has 96 valence electrons. The van der Waals surface area contributed by atoms with E-state index in [0.717, 1.165) is 10.6 Å². The van der Waals surface area contributed by atoms with Gasteiger partial charge in [-0.3, -0.25) is 0 Å². The van der Waals surface area contributed by atoms with Crippen molar-refractivity contribution < 1.29 is 9.53 Å². The minimum absolute atomic E-state index is 0.0368. The monoisotopic (exact) mass is 290 g/mol. The van der Waals surface area contributed by atoms with Crippen LogP contribution < -0.4 is 0 Å². The van der Waals surface area contributed by atoms with Crippen LogP contribution in [0.1, 0.15) is 12.5 Å². The second kappa shape index (κ2) is 6.45. The van der Waals surface area contributed by atoms with Crippen molar-refractivity contribution in [1.82, 2.24) is 0 Å². The number of esters is 1. The fourth-order valence-corrected chi connectivity index (χ4v) is 3.54. The molecule has 0 amide bonds. The summed E-state index contributed by atoms with van der Waals surface area (Å²) >= 11 is 0.